The SMILES string of the molecule is COc1ccc(-c2ccc(/C=C/CN[C@](C)(C(=O)NO)[C@](C)(O)C(F)F)cc2)cc1. The minimum Gasteiger partial charge on any atom is -0.497 e. The normalized spacial score (nSPS) is 15.6. The number of alkyl halides is 2. The first-order valence-corrected chi connectivity index (χ1v) is 9.27. The Kier molecular flexibility index (Phi) is 7.66. The average Bonchev–Trinajstić information content (AvgIpc) is 2.76. The number of carbonyl (C=O) groups excluding carboxylic acids is 1. The van der Waals surface area contributed by atoms with Gasteiger partial charge < -0.3 is 9.84 Å². The Labute approximate surface area is 174 Å². The van der Waals surface area contributed by atoms with Gasteiger partial charge in [-0.15, -0.1) is 0 Å². The molecule has 0 saturated carbocycles. The van der Waals surface area contributed by atoms with E-state index in [0.29, 0.717) is 0 Å². The third-order valence-corrected chi connectivity index (χ3v) is 5.21. The average molecular weight is 420 g/mol. The monoisotopic (exact) mass is 420 g/mol. The number of carbonyl (C=O) groups is 1. The highest BCUT2D eigenvalue weighted by Crippen LogP contribution is 2.29. The van der Waals surface area contributed by atoms with Crippen molar-refractivity contribution in [2.75, 3.05) is 13.7 Å². The molecule has 0 aliphatic carbocycles. The highest BCUT2D eigenvalue weighted by Gasteiger charge is 2.54. The third kappa shape index (κ3) is 5.02. The third-order valence-electron chi connectivity index (χ3n) is 5.21. The van der Waals surface area contributed by atoms with Gasteiger partial charge in [-0.3, -0.25) is 15.3 Å². The maximum Gasteiger partial charge on any atom is 0.268 e. The summed E-state index contributed by atoms with van der Waals surface area (Å²) < 4.78 is 31.6. The Morgan fingerprint density at radius 2 is 1.63 bits per heavy atom. The minimum absolute atomic E-state index is 0.00697. The fourth-order valence-electron chi connectivity index (χ4n) is 2.85. The van der Waals surface area contributed by atoms with E-state index in [1.807, 2.05) is 48.5 Å². The van der Waals surface area contributed by atoms with Crippen molar-refractivity contribution in [2.45, 2.75) is 31.4 Å². The van der Waals surface area contributed by atoms with Gasteiger partial charge in [0.1, 0.15) is 16.9 Å². The maximum atomic E-state index is 13.2. The van der Waals surface area contributed by atoms with Gasteiger partial charge in [0.25, 0.3) is 12.3 Å². The van der Waals surface area contributed by atoms with E-state index in [1.165, 1.54) is 5.48 Å². The second-order valence-corrected chi connectivity index (χ2v) is 7.15. The zero-order valence-electron chi connectivity index (χ0n) is 17.0. The fourth-order valence-corrected chi connectivity index (χ4v) is 2.85. The lowest BCUT2D eigenvalue weighted by Gasteiger charge is -2.40. The summed E-state index contributed by atoms with van der Waals surface area (Å²) in [6.07, 6.45) is 0.174. The van der Waals surface area contributed by atoms with Crippen molar-refractivity contribution >= 4 is 12.0 Å². The standard InChI is InChI=1S/C22H26F2N2O4/c1-21(20(27)26-29,22(2,28)19(23)24)25-14-4-5-15-6-8-16(9-7-15)17-10-12-18(30-3)13-11-17/h4-13,19,25,28-29H,14H2,1-3H3,(H,26,27)/b5-4+/t21-,22-/m1/s1. The molecule has 0 aliphatic rings. The zero-order valence-corrected chi connectivity index (χ0v) is 17.0. The molecule has 0 unspecified atom stereocenters. The van der Waals surface area contributed by atoms with Crippen molar-refractivity contribution in [3.05, 3.63) is 60.2 Å². The molecular weight excluding hydrogens is 394 g/mol. The van der Waals surface area contributed by atoms with E-state index in [9.17, 15) is 18.7 Å². The minimum atomic E-state index is -3.21. The molecule has 0 heterocycles. The summed E-state index contributed by atoms with van der Waals surface area (Å²) in [5, 5.41) is 21.5. The number of nitrogens with one attached hydrogen (secondary N) is 2. The van der Waals surface area contributed by atoms with Crippen molar-refractivity contribution in [3.63, 3.8) is 0 Å². The van der Waals surface area contributed by atoms with E-state index in [1.54, 1.807) is 19.3 Å². The predicted molar refractivity (Wildman–Crippen MR) is 110 cm³/mol. The number of aliphatic hydroxyl groups is 1. The van der Waals surface area contributed by atoms with E-state index < -0.39 is 23.5 Å². The van der Waals surface area contributed by atoms with Gasteiger partial charge in [0, 0.05) is 6.54 Å². The predicted octanol–water partition coefficient (Wildman–Crippen LogP) is 3.25. The van der Waals surface area contributed by atoms with Crippen LogP contribution < -0.4 is 15.5 Å². The van der Waals surface area contributed by atoms with Crippen molar-refractivity contribution in [1.82, 2.24) is 10.8 Å². The van der Waals surface area contributed by atoms with Crippen LogP contribution in [0.1, 0.15) is 19.4 Å². The molecule has 0 fully saturated rings. The Morgan fingerprint density at radius 3 is 2.10 bits per heavy atom. The first kappa shape index (κ1) is 23.5. The second-order valence-electron chi connectivity index (χ2n) is 7.15. The van der Waals surface area contributed by atoms with Crippen LogP contribution in [0.3, 0.4) is 0 Å². The molecule has 2 atom stereocenters. The molecule has 2 aromatic carbocycles. The number of rotatable bonds is 9. The number of methoxy groups -OCH3 is 1. The molecule has 0 aromatic heterocycles. The van der Waals surface area contributed by atoms with Crippen LogP contribution in [0.25, 0.3) is 17.2 Å². The summed E-state index contributed by atoms with van der Waals surface area (Å²) in [4.78, 5) is 11.9. The number of hydroxylamine groups is 1. The van der Waals surface area contributed by atoms with Gasteiger partial charge in [-0.05, 0) is 42.7 Å². The molecular formula is C22H26F2N2O4. The molecule has 0 saturated heterocycles. The van der Waals surface area contributed by atoms with Crippen molar-refractivity contribution in [2.24, 2.45) is 0 Å². The van der Waals surface area contributed by atoms with Crippen LogP contribution in [0, 0.1) is 0 Å². The molecule has 1 amide bonds. The molecule has 4 N–H and O–H groups in total. The number of hydrogen-bond acceptors (Lipinski definition) is 5. The van der Waals surface area contributed by atoms with E-state index in [0.717, 1.165) is 36.3 Å². The molecule has 6 nitrogen and oxygen atoms in total. The molecule has 30 heavy (non-hydrogen) atoms. The van der Waals surface area contributed by atoms with Gasteiger partial charge in [0.2, 0.25) is 0 Å². The van der Waals surface area contributed by atoms with Gasteiger partial charge >= 0.3 is 0 Å². The lowest BCUT2D eigenvalue weighted by molar-refractivity contribution is -0.166. The Hall–Kier alpha value is -2.81. The smallest absolute Gasteiger partial charge is 0.268 e. The summed E-state index contributed by atoms with van der Waals surface area (Å²) in [7, 11) is 1.61. The highest BCUT2D eigenvalue weighted by molar-refractivity contribution is 5.86. The van der Waals surface area contributed by atoms with E-state index in [4.69, 9.17) is 9.94 Å². The van der Waals surface area contributed by atoms with Gasteiger partial charge in [-0.1, -0.05) is 48.6 Å². The van der Waals surface area contributed by atoms with Crippen molar-refractivity contribution < 1.29 is 28.6 Å². The Morgan fingerprint density at radius 1 is 1.10 bits per heavy atom. The quantitative estimate of drug-likeness (QED) is 0.369. The molecule has 8 heteroatoms. The first-order chi connectivity index (χ1) is 14.2. The highest BCUT2D eigenvalue weighted by atomic mass is 19.3. The molecule has 162 valence electrons. The lowest BCUT2D eigenvalue weighted by Crippen LogP contribution is -2.69. The van der Waals surface area contributed by atoms with Crippen LogP contribution >= 0.6 is 0 Å². The molecule has 0 aliphatic heterocycles. The topological polar surface area (TPSA) is 90.8 Å². The Balaban J connectivity index is 2.05. The van der Waals surface area contributed by atoms with Crippen LogP contribution in [-0.4, -0.2) is 47.4 Å². The number of benzene rings is 2. The molecule has 2 rings (SSSR count). The summed E-state index contributed by atoms with van der Waals surface area (Å²) >= 11 is 0. The summed E-state index contributed by atoms with van der Waals surface area (Å²) in [5.41, 5.74) is -0.565. The van der Waals surface area contributed by atoms with Gasteiger partial charge in [-0.2, -0.15) is 0 Å². The van der Waals surface area contributed by atoms with Crippen LogP contribution in [0.2, 0.25) is 0 Å². The summed E-state index contributed by atoms with van der Waals surface area (Å²) in [5.74, 6) is -0.386. The van der Waals surface area contributed by atoms with Crippen molar-refractivity contribution in [1.29, 1.82) is 0 Å². The van der Waals surface area contributed by atoms with Crippen LogP contribution in [0.4, 0.5) is 8.78 Å². The van der Waals surface area contributed by atoms with Gasteiger partial charge in [0.05, 0.1) is 7.11 Å². The lowest BCUT2D eigenvalue weighted by atomic mass is 9.81. The van der Waals surface area contributed by atoms with Gasteiger partial charge in [-0.25, -0.2) is 14.3 Å². The Bertz CT molecular complexity index is 868. The fraction of sp³-hybridized carbons (Fsp3) is 0.318. The maximum absolute atomic E-state index is 13.2. The number of ether oxygens (including phenoxy) is 1. The van der Waals surface area contributed by atoms with Crippen LogP contribution in [0.5, 0.6) is 5.75 Å². The van der Waals surface area contributed by atoms with E-state index >= 15 is 0 Å². The van der Waals surface area contributed by atoms with E-state index in [-0.39, 0.29) is 6.54 Å². The molecule has 0 radical (unpaired) electrons. The number of halogens is 2. The number of amides is 1. The van der Waals surface area contributed by atoms with Gasteiger partial charge in [0.15, 0.2) is 0 Å². The van der Waals surface area contributed by atoms with Crippen molar-refractivity contribution in [3.8, 4) is 16.9 Å². The summed E-state index contributed by atoms with van der Waals surface area (Å²) in [6.45, 7) is 1.94. The first-order valence-electron chi connectivity index (χ1n) is 9.27. The molecule has 0 bridgehead atoms. The van der Waals surface area contributed by atoms with Crippen LogP contribution in [-0.2, 0) is 4.79 Å². The molecule has 0 spiro atoms. The number of hydrogen-bond donors (Lipinski definition) is 4. The summed E-state index contributed by atoms with van der Waals surface area (Å²) in [6, 6.07) is 15.3. The largest absolute Gasteiger partial charge is 0.497 e. The molecule has 2 aromatic rings. The zero-order chi connectivity index (χ0) is 22.4. The second kappa shape index (κ2) is 9.80. The van der Waals surface area contributed by atoms with E-state index in [2.05, 4.69) is 5.32 Å². The van der Waals surface area contributed by atoms with Crippen LogP contribution in [0.15, 0.2) is 54.6 Å².